The first-order chi connectivity index (χ1) is 7.81. The Hall–Kier alpha value is -1.30. The molecule has 90 valence electrons. The topological polar surface area (TPSA) is 57.2 Å². The zero-order chi connectivity index (χ0) is 11.8. The molecule has 0 saturated carbocycles. The molecule has 0 aliphatic heterocycles. The maximum Gasteiger partial charge on any atom is 0.188 e. The van der Waals surface area contributed by atoms with Crippen molar-refractivity contribution in [3.05, 3.63) is 23.8 Å². The van der Waals surface area contributed by atoms with Crippen LogP contribution in [0.5, 0.6) is 11.5 Å². The van der Waals surface area contributed by atoms with E-state index in [0.29, 0.717) is 17.1 Å². The van der Waals surface area contributed by atoms with E-state index in [1.54, 1.807) is 25.3 Å². The Kier molecular flexibility index (Phi) is 5.63. The highest BCUT2D eigenvalue weighted by atomic mass is 16.7. The van der Waals surface area contributed by atoms with Gasteiger partial charge in [-0.3, -0.25) is 0 Å². The van der Waals surface area contributed by atoms with E-state index in [4.69, 9.17) is 24.1 Å². The number of benzene rings is 1. The number of hydrogen-bond acceptors (Lipinski definition) is 5. The molecule has 0 radical (unpaired) electrons. The van der Waals surface area contributed by atoms with Gasteiger partial charge in [-0.05, 0) is 18.2 Å². The predicted octanol–water partition coefficient (Wildman–Crippen LogP) is 1.14. The number of aliphatic hydroxyl groups is 1. The van der Waals surface area contributed by atoms with Crippen LogP contribution >= 0.6 is 0 Å². The Morgan fingerprint density at radius 3 is 2.38 bits per heavy atom. The largest absolute Gasteiger partial charge is 0.468 e. The van der Waals surface area contributed by atoms with Gasteiger partial charge >= 0.3 is 0 Å². The maximum absolute atomic E-state index is 9.16. The van der Waals surface area contributed by atoms with Crippen LogP contribution in [0.1, 0.15) is 5.56 Å². The summed E-state index contributed by atoms with van der Waals surface area (Å²) < 4.78 is 20.1. The summed E-state index contributed by atoms with van der Waals surface area (Å²) in [6.07, 6.45) is 0. The van der Waals surface area contributed by atoms with E-state index >= 15 is 0 Å². The zero-order valence-corrected chi connectivity index (χ0v) is 9.43. The first-order valence-electron chi connectivity index (χ1n) is 4.79. The standard InChI is InChI=1S/C11H16O5/c1-13-7-15-10-3-4-11(16-8-14-2)9(5-10)6-12/h3-5,12H,6-8H2,1-2H3. The SMILES string of the molecule is COCOc1ccc(OCOC)c(CO)c1. The fraction of sp³-hybridized carbons (Fsp3) is 0.455. The van der Waals surface area contributed by atoms with E-state index in [-0.39, 0.29) is 20.2 Å². The van der Waals surface area contributed by atoms with Gasteiger partial charge in [0.2, 0.25) is 0 Å². The summed E-state index contributed by atoms with van der Waals surface area (Å²) in [7, 11) is 3.08. The fourth-order valence-corrected chi connectivity index (χ4v) is 1.16. The van der Waals surface area contributed by atoms with Crippen molar-refractivity contribution in [1.82, 2.24) is 0 Å². The van der Waals surface area contributed by atoms with Gasteiger partial charge in [0.1, 0.15) is 11.5 Å². The van der Waals surface area contributed by atoms with Crippen LogP contribution in [0.3, 0.4) is 0 Å². The lowest BCUT2D eigenvalue weighted by molar-refractivity contribution is 0.0469. The average molecular weight is 228 g/mol. The third kappa shape index (κ3) is 3.69. The van der Waals surface area contributed by atoms with Crippen molar-refractivity contribution < 1.29 is 24.1 Å². The van der Waals surface area contributed by atoms with Gasteiger partial charge in [-0.1, -0.05) is 0 Å². The summed E-state index contributed by atoms with van der Waals surface area (Å²) in [4.78, 5) is 0. The second-order valence-corrected chi connectivity index (χ2v) is 3.03. The Balaban J connectivity index is 2.71. The fourth-order valence-electron chi connectivity index (χ4n) is 1.16. The molecule has 0 bridgehead atoms. The molecule has 5 nitrogen and oxygen atoms in total. The van der Waals surface area contributed by atoms with Crippen LogP contribution < -0.4 is 9.47 Å². The number of ether oxygens (including phenoxy) is 4. The van der Waals surface area contributed by atoms with Crippen molar-refractivity contribution >= 4 is 0 Å². The monoisotopic (exact) mass is 228 g/mol. The van der Waals surface area contributed by atoms with Gasteiger partial charge < -0.3 is 24.1 Å². The van der Waals surface area contributed by atoms with Crippen molar-refractivity contribution in [2.24, 2.45) is 0 Å². The third-order valence-electron chi connectivity index (χ3n) is 1.88. The second-order valence-electron chi connectivity index (χ2n) is 3.03. The van der Waals surface area contributed by atoms with E-state index in [2.05, 4.69) is 0 Å². The van der Waals surface area contributed by atoms with Crippen LogP contribution in [0.4, 0.5) is 0 Å². The molecule has 5 heteroatoms. The third-order valence-corrected chi connectivity index (χ3v) is 1.88. The van der Waals surface area contributed by atoms with Gasteiger partial charge in [-0.25, -0.2) is 0 Å². The van der Waals surface area contributed by atoms with E-state index in [9.17, 15) is 0 Å². The molecule has 0 aliphatic carbocycles. The van der Waals surface area contributed by atoms with Crippen molar-refractivity contribution in [2.75, 3.05) is 27.8 Å². The molecule has 0 aliphatic rings. The number of hydrogen-bond donors (Lipinski definition) is 1. The van der Waals surface area contributed by atoms with Gasteiger partial charge in [0.25, 0.3) is 0 Å². The molecule has 0 atom stereocenters. The summed E-state index contributed by atoms with van der Waals surface area (Å²) in [6.45, 7) is 0.192. The molecule has 0 saturated heterocycles. The highest BCUT2D eigenvalue weighted by Crippen LogP contribution is 2.24. The van der Waals surface area contributed by atoms with Gasteiger partial charge in [0, 0.05) is 19.8 Å². The highest BCUT2D eigenvalue weighted by Gasteiger charge is 2.05. The van der Waals surface area contributed by atoms with Crippen molar-refractivity contribution in [3.8, 4) is 11.5 Å². The summed E-state index contributed by atoms with van der Waals surface area (Å²) in [5.41, 5.74) is 0.644. The van der Waals surface area contributed by atoms with E-state index in [1.165, 1.54) is 7.11 Å². The number of aliphatic hydroxyl groups excluding tert-OH is 1. The van der Waals surface area contributed by atoms with Crippen LogP contribution in [-0.4, -0.2) is 32.9 Å². The lowest BCUT2D eigenvalue weighted by atomic mass is 10.2. The quantitative estimate of drug-likeness (QED) is 0.709. The molecule has 0 aromatic heterocycles. The molecule has 16 heavy (non-hydrogen) atoms. The Morgan fingerprint density at radius 2 is 1.75 bits per heavy atom. The van der Waals surface area contributed by atoms with Crippen LogP contribution in [0.15, 0.2) is 18.2 Å². The summed E-state index contributed by atoms with van der Waals surface area (Å²) in [5, 5.41) is 9.16. The van der Waals surface area contributed by atoms with E-state index in [1.807, 2.05) is 0 Å². The Bertz CT molecular complexity index is 313. The van der Waals surface area contributed by atoms with Crippen molar-refractivity contribution in [2.45, 2.75) is 6.61 Å². The van der Waals surface area contributed by atoms with Crippen molar-refractivity contribution in [3.63, 3.8) is 0 Å². The van der Waals surface area contributed by atoms with Gasteiger partial charge in [0.15, 0.2) is 13.6 Å². The molecular weight excluding hydrogens is 212 g/mol. The average Bonchev–Trinajstić information content (AvgIpc) is 2.34. The molecule has 1 N–H and O–H groups in total. The normalized spacial score (nSPS) is 10.2. The molecule has 1 aromatic carbocycles. The Morgan fingerprint density at radius 1 is 1.06 bits per heavy atom. The van der Waals surface area contributed by atoms with Crippen LogP contribution in [0.25, 0.3) is 0 Å². The van der Waals surface area contributed by atoms with E-state index < -0.39 is 0 Å². The smallest absolute Gasteiger partial charge is 0.188 e. The van der Waals surface area contributed by atoms with E-state index in [0.717, 1.165) is 0 Å². The first kappa shape index (κ1) is 12.8. The van der Waals surface area contributed by atoms with Gasteiger partial charge in [0.05, 0.1) is 6.61 Å². The molecule has 1 rings (SSSR count). The minimum atomic E-state index is -0.122. The summed E-state index contributed by atoms with van der Waals surface area (Å²) >= 11 is 0. The summed E-state index contributed by atoms with van der Waals surface area (Å²) in [5.74, 6) is 1.20. The molecular formula is C11H16O5. The van der Waals surface area contributed by atoms with Gasteiger partial charge in [-0.2, -0.15) is 0 Å². The van der Waals surface area contributed by atoms with Crippen molar-refractivity contribution in [1.29, 1.82) is 0 Å². The van der Waals surface area contributed by atoms with Crippen LogP contribution in [0.2, 0.25) is 0 Å². The molecule has 0 unspecified atom stereocenters. The highest BCUT2D eigenvalue weighted by molar-refractivity contribution is 5.39. The minimum Gasteiger partial charge on any atom is -0.468 e. The zero-order valence-electron chi connectivity index (χ0n) is 9.43. The molecule has 0 spiro atoms. The second kappa shape index (κ2) is 7.05. The number of rotatable bonds is 7. The first-order valence-corrected chi connectivity index (χ1v) is 4.79. The maximum atomic E-state index is 9.16. The van der Waals surface area contributed by atoms with Gasteiger partial charge in [-0.15, -0.1) is 0 Å². The molecule has 0 heterocycles. The molecule has 0 amide bonds. The lowest BCUT2D eigenvalue weighted by Crippen LogP contribution is -2.03. The lowest BCUT2D eigenvalue weighted by Gasteiger charge is -2.11. The molecule has 0 fully saturated rings. The predicted molar refractivity (Wildman–Crippen MR) is 57.4 cm³/mol. The minimum absolute atomic E-state index is 0.122. The van der Waals surface area contributed by atoms with Crippen LogP contribution in [-0.2, 0) is 16.1 Å². The van der Waals surface area contributed by atoms with Crippen LogP contribution in [0, 0.1) is 0 Å². The summed E-state index contributed by atoms with van der Waals surface area (Å²) in [6, 6.07) is 5.16. The molecule has 1 aromatic rings. The number of methoxy groups -OCH3 is 2. The Labute approximate surface area is 94.5 Å².